The molecule has 3 nitrogen and oxygen atoms in total. The molecule has 2 rings (SSSR count). The zero-order chi connectivity index (χ0) is 12.8. The first-order chi connectivity index (χ1) is 8.78. The number of hydrogen-bond donors (Lipinski definition) is 2. The molecule has 0 atom stereocenters. The zero-order valence-corrected chi connectivity index (χ0v) is 11.1. The second kappa shape index (κ2) is 6.31. The SMILES string of the molecule is CCNc1cc(CSc2cccc(O)c2)ccn1. The maximum absolute atomic E-state index is 9.39. The fourth-order valence-corrected chi connectivity index (χ4v) is 2.47. The highest BCUT2D eigenvalue weighted by molar-refractivity contribution is 7.98. The van der Waals surface area contributed by atoms with Gasteiger partial charge in [0.1, 0.15) is 11.6 Å². The van der Waals surface area contributed by atoms with E-state index >= 15 is 0 Å². The number of nitrogens with one attached hydrogen (secondary N) is 1. The summed E-state index contributed by atoms with van der Waals surface area (Å²) < 4.78 is 0. The minimum Gasteiger partial charge on any atom is -0.508 e. The molecule has 2 aromatic rings. The predicted molar refractivity (Wildman–Crippen MR) is 76.1 cm³/mol. The Hall–Kier alpha value is -1.68. The van der Waals surface area contributed by atoms with Crippen LogP contribution in [0.3, 0.4) is 0 Å². The lowest BCUT2D eigenvalue weighted by atomic mass is 10.3. The molecule has 0 amide bonds. The van der Waals surface area contributed by atoms with E-state index in [0.717, 1.165) is 23.0 Å². The summed E-state index contributed by atoms with van der Waals surface area (Å²) in [5.41, 5.74) is 1.22. The van der Waals surface area contributed by atoms with Crippen LogP contribution in [0.5, 0.6) is 5.75 Å². The van der Waals surface area contributed by atoms with Crippen molar-refractivity contribution in [1.82, 2.24) is 4.98 Å². The minimum atomic E-state index is 0.308. The molecule has 4 heteroatoms. The number of aromatic hydroxyl groups is 1. The van der Waals surface area contributed by atoms with Gasteiger partial charge in [0.25, 0.3) is 0 Å². The third-order valence-electron chi connectivity index (χ3n) is 2.41. The molecule has 0 saturated heterocycles. The minimum absolute atomic E-state index is 0.308. The standard InChI is InChI=1S/C14H16N2OS/c1-2-15-14-8-11(6-7-16-14)10-18-13-5-3-4-12(17)9-13/h3-9,17H,2,10H2,1H3,(H,15,16). The van der Waals surface area contributed by atoms with Gasteiger partial charge in [-0.25, -0.2) is 4.98 Å². The summed E-state index contributed by atoms with van der Waals surface area (Å²) in [6.07, 6.45) is 1.82. The van der Waals surface area contributed by atoms with Crippen molar-refractivity contribution in [1.29, 1.82) is 0 Å². The number of phenolic OH excluding ortho intramolecular Hbond substituents is 1. The van der Waals surface area contributed by atoms with Crippen LogP contribution in [0.25, 0.3) is 0 Å². The van der Waals surface area contributed by atoms with E-state index in [1.165, 1.54) is 5.56 Å². The van der Waals surface area contributed by atoms with E-state index in [0.29, 0.717) is 5.75 Å². The van der Waals surface area contributed by atoms with Crippen molar-refractivity contribution >= 4 is 17.6 Å². The molecule has 1 aromatic carbocycles. The van der Waals surface area contributed by atoms with Crippen molar-refractivity contribution in [3.8, 4) is 5.75 Å². The van der Waals surface area contributed by atoms with Crippen LogP contribution in [-0.2, 0) is 5.75 Å². The van der Waals surface area contributed by atoms with Crippen LogP contribution in [0, 0.1) is 0 Å². The molecule has 0 aliphatic carbocycles. The normalized spacial score (nSPS) is 10.3. The first kappa shape index (κ1) is 12.8. The van der Waals surface area contributed by atoms with Gasteiger partial charge in [-0.2, -0.15) is 0 Å². The number of pyridine rings is 1. The molecule has 18 heavy (non-hydrogen) atoms. The Bertz CT molecular complexity index is 517. The van der Waals surface area contributed by atoms with Gasteiger partial charge < -0.3 is 10.4 Å². The number of anilines is 1. The zero-order valence-electron chi connectivity index (χ0n) is 10.3. The molecule has 0 unspecified atom stereocenters. The fraction of sp³-hybridized carbons (Fsp3) is 0.214. The summed E-state index contributed by atoms with van der Waals surface area (Å²) in [6.45, 7) is 2.92. The van der Waals surface area contributed by atoms with Gasteiger partial charge >= 0.3 is 0 Å². The van der Waals surface area contributed by atoms with Gasteiger partial charge in [-0.15, -0.1) is 11.8 Å². The van der Waals surface area contributed by atoms with Gasteiger partial charge in [-0.05, 0) is 42.8 Å². The number of hydrogen-bond acceptors (Lipinski definition) is 4. The Morgan fingerprint density at radius 2 is 2.17 bits per heavy atom. The molecule has 2 N–H and O–H groups in total. The van der Waals surface area contributed by atoms with Gasteiger partial charge in [-0.3, -0.25) is 0 Å². The highest BCUT2D eigenvalue weighted by Crippen LogP contribution is 2.25. The third-order valence-corrected chi connectivity index (χ3v) is 3.47. The Kier molecular flexibility index (Phi) is 4.47. The first-order valence-corrected chi connectivity index (χ1v) is 6.87. The van der Waals surface area contributed by atoms with Crippen molar-refractivity contribution in [3.05, 3.63) is 48.2 Å². The molecule has 0 spiro atoms. The summed E-state index contributed by atoms with van der Waals surface area (Å²) in [5, 5.41) is 12.6. The highest BCUT2D eigenvalue weighted by atomic mass is 32.2. The van der Waals surface area contributed by atoms with Gasteiger partial charge in [0, 0.05) is 23.4 Å². The Balaban J connectivity index is 1.99. The monoisotopic (exact) mass is 260 g/mol. The molecule has 94 valence electrons. The lowest BCUT2D eigenvalue weighted by Crippen LogP contribution is -1.99. The quantitative estimate of drug-likeness (QED) is 0.807. The van der Waals surface area contributed by atoms with Crippen LogP contribution >= 0.6 is 11.8 Å². The Morgan fingerprint density at radius 3 is 2.94 bits per heavy atom. The average molecular weight is 260 g/mol. The van der Waals surface area contributed by atoms with Gasteiger partial charge in [-0.1, -0.05) is 6.07 Å². The average Bonchev–Trinajstić information content (AvgIpc) is 2.37. The second-order valence-corrected chi connectivity index (χ2v) is 4.91. The van der Waals surface area contributed by atoms with Crippen LogP contribution < -0.4 is 5.32 Å². The Labute approximate surface area is 111 Å². The van der Waals surface area contributed by atoms with E-state index in [1.54, 1.807) is 23.9 Å². The van der Waals surface area contributed by atoms with Crippen LogP contribution in [0.15, 0.2) is 47.5 Å². The van der Waals surface area contributed by atoms with E-state index in [2.05, 4.69) is 23.3 Å². The summed E-state index contributed by atoms with van der Waals surface area (Å²) in [6, 6.07) is 11.4. The lowest BCUT2D eigenvalue weighted by Gasteiger charge is -2.05. The molecule has 0 fully saturated rings. The fourth-order valence-electron chi connectivity index (χ4n) is 1.58. The summed E-state index contributed by atoms with van der Waals surface area (Å²) in [4.78, 5) is 5.30. The number of aromatic nitrogens is 1. The first-order valence-electron chi connectivity index (χ1n) is 5.88. The molecule has 0 radical (unpaired) electrons. The van der Waals surface area contributed by atoms with Crippen LogP contribution in [0.4, 0.5) is 5.82 Å². The van der Waals surface area contributed by atoms with Crippen LogP contribution in [0.2, 0.25) is 0 Å². The summed E-state index contributed by atoms with van der Waals surface area (Å²) in [7, 11) is 0. The smallest absolute Gasteiger partial charge is 0.126 e. The Morgan fingerprint density at radius 1 is 1.28 bits per heavy atom. The summed E-state index contributed by atoms with van der Waals surface area (Å²) >= 11 is 1.70. The number of rotatable bonds is 5. The van der Waals surface area contributed by atoms with Crippen LogP contribution in [0.1, 0.15) is 12.5 Å². The van der Waals surface area contributed by atoms with E-state index < -0.39 is 0 Å². The predicted octanol–water partition coefficient (Wildman–Crippen LogP) is 3.51. The molecule has 0 bridgehead atoms. The maximum atomic E-state index is 9.39. The van der Waals surface area contributed by atoms with Crippen molar-refractivity contribution in [2.24, 2.45) is 0 Å². The largest absolute Gasteiger partial charge is 0.508 e. The molecule has 0 saturated carbocycles. The van der Waals surface area contributed by atoms with E-state index in [9.17, 15) is 5.11 Å². The van der Waals surface area contributed by atoms with Gasteiger partial charge in [0.05, 0.1) is 0 Å². The molecule has 1 aromatic heterocycles. The lowest BCUT2D eigenvalue weighted by molar-refractivity contribution is 0.474. The highest BCUT2D eigenvalue weighted by Gasteiger charge is 1.99. The number of nitrogens with zero attached hydrogens (tertiary/aromatic N) is 1. The topological polar surface area (TPSA) is 45.1 Å². The van der Waals surface area contributed by atoms with Crippen molar-refractivity contribution in [2.75, 3.05) is 11.9 Å². The molecule has 1 heterocycles. The van der Waals surface area contributed by atoms with E-state index in [1.807, 2.05) is 24.4 Å². The van der Waals surface area contributed by atoms with E-state index in [4.69, 9.17) is 0 Å². The van der Waals surface area contributed by atoms with Crippen molar-refractivity contribution < 1.29 is 5.11 Å². The molecule has 0 aliphatic rings. The summed E-state index contributed by atoms with van der Waals surface area (Å²) in [5.74, 6) is 2.08. The second-order valence-electron chi connectivity index (χ2n) is 3.87. The third kappa shape index (κ3) is 3.67. The van der Waals surface area contributed by atoms with Gasteiger partial charge in [0.15, 0.2) is 0 Å². The van der Waals surface area contributed by atoms with Crippen LogP contribution in [-0.4, -0.2) is 16.6 Å². The van der Waals surface area contributed by atoms with Gasteiger partial charge in [0.2, 0.25) is 0 Å². The number of thioether (sulfide) groups is 1. The number of benzene rings is 1. The molecular weight excluding hydrogens is 244 g/mol. The van der Waals surface area contributed by atoms with Crippen molar-refractivity contribution in [3.63, 3.8) is 0 Å². The number of phenols is 1. The maximum Gasteiger partial charge on any atom is 0.126 e. The molecular formula is C14H16N2OS. The van der Waals surface area contributed by atoms with Crippen molar-refractivity contribution in [2.45, 2.75) is 17.6 Å². The van der Waals surface area contributed by atoms with E-state index in [-0.39, 0.29) is 0 Å². The molecule has 0 aliphatic heterocycles.